The van der Waals surface area contributed by atoms with Gasteiger partial charge < -0.3 is 9.47 Å². The van der Waals surface area contributed by atoms with Crippen LogP contribution in [0.25, 0.3) is 0 Å². The summed E-state index contributed by atoms with van der Waals surface area (Å²) in [5.41, 5.74) is 4.28. The maximum Gasteiger partial charge on any atom is 0.272 e. The number of nitrogens with one attached hydrogen (secondary N) is 1. The van der Waals surface area contributed by atoms with E-state index in [9.17, 15) is 4.79 Å². The maximum absolute atomic E-state index is 12.2. The quantitative estimate of drug-likeness (QED) is 0.237. The highest BCUT2D eigenvalue weighted by Crippen LogP contribution is 2.34. The summed E-state index contributed by atoms with van der Waals surface area (Å²) in [5.74, 6) is 0.648. The Hall–Kier alpha value is -2.25. The number of benzene rings is 3. The highest BCUT2D eigenvalue weighted by atomic mass is 79.9. The SMILES string of the molecule is CCOc1cc(/C=N\NC(=O)c2ccccc2Cl)c(Br)cc1OCc1ccc(Cl)cc1Cl. The van der Waals surface area contributed by atoms with E-state index >= 15 is 0 Å². The molecule has 0 aromatic heterocycles. The molecule has 9 heteroatoms. The minimum atomic E-state index is -0.409. The van der Waals surface area contributed by atoms with Gasteiger partial charge in [-0.25, -0.2) is 5.43 Å². The van der Waals surface area contributed by atoms with Gasteiger partial charge in [0, 0.05) is 25.6 Å². The number of rotatable bonds is 8. The van der Waals surface area contributed by atoms with Crippen LogP contribution in [0, 0.1) is 0 Å². The lowest BCUT2D eigenvalue weighted by Gasteiger charge is -2.14. The van der Waals surface area contributed by atoms with Gasteiger partial charge in [-0.15, -0.1) is 0 Å². The number of carbonyl (C=O) groups is 1. The standard InChI is InChI=1S/C23H18BrCl3N2O3/c1-2-31-21-9-15(12-28-29-23(30)17-5-3-4-6-19(17)26)18(24)11-22(21)32-13-14-7-8-16(25)10-20(14)27/h3-12H,2,13H2,1H3,(H,29,30)/b28-12-. The van der Waals surface area contributed by atoms with Crippen LogP contribution in [0.5, 0.6) is 11.5 Å². The van der Waals surface area contributed by atoms with Crippen LogP contribution < -0.4 is 14.9 Å². The first-order chi connectivity index (χ1) is 15.4. The molecule has 1 amide bonds. The molecule has 0 atom stereocenters. The van der Waals surface area contributed by atoms with Gasteiger partial charge in [0.15, 0.2) is 11.5 Å². The third kappa shape index (κ3) is 6.39. The first-order valence-corrected chi connectivity index (χ1v) is 11.4. The highest BCUT2D eigenvalue weighted by molar-refractivity contribution is 9.10. The molecular weight excluding hydrogens is 539 g/mol. The third-order valence-electron chi connectivity index (χ3n) is 4.25. The number of carbonyl (C=O) groups excluding carboxylic acids is 1. The summed E-state index contributed by atoms with van der Waals surface area (Å²) >= 11 is 21.7. The Balaban J connectivity index is 1.75. The first kappa shape index (κ1) is 24.4. The zero-order valence-electron chi connectivity index (χ0n) is 16.9. The van der Waals surface area contributed by atoms with E-state index in [4.69, 9.17) is 44.3 Å². The van der Waals surface area contributed by atoms with Gasteiger partial charge in [-0.1, -0.05) is 53.0 Å². The molecule has 3 aromatic rings. The van der Waals surface area contributed by atoms with Gasteiger partial charge in [0.05, 0.1) is 23.4 Å². The number of ether oxygens (including phenoxy) is 2. The van der Waals surface area contributed by atoms with Crippen LogP contribution in [0.1, 0.15) is 28.4 Å². The monoisotopic (exact) mass is 554 g/mol. The van der Waals surface area contributed by atoms with Crippen LogP contribution >= 0.6 is 50.7 Å². The Morgan fingerprint density at radius 3 is 2.50 bits per heavy atom. The summed E-state index contributed by atoms with van der Waals surface area (Å²) in [6.07, 6.45) is 1.50. The Bertz CT molecular complexity index is 1160. The number of hydrazone groups is 1. The van der Waals surface area contributed by atoms with Crippen LogP contribution in [0.15, 0.2) is 64.2 Å². The largest absolute Gasteiger partial charge is 0.490 e. The molecule has 0 radical (unpaired) electrons. The molecule has 166 valence electrons. The van der Waals surface area contributed by atoms with Crippen LogP contribution in [0.2, 0.25) is 15.1 Å². The van der Waals surface area contributed by atoms with E-state index in [0.717, 1.165) is 5.56 Å². The second kappa shape index (κ2) is 11.6. The summed E-state index contributed by atoms with van der Waals surface area (Å²) < 4.78 is 12.4. The minimum Gasteiger partial charge on any atom is -0.490 e. The van der Waals surface area contributed by atoms with E-state index < -0.39 is 5.91 Å². The predicted molar refractivity (Wildman–Crippen MR) is 133 cm³/mol. The van der Waals surface area contributed by atoms with Gasteiger partial charge in [0.2, 0.25) is 0 Å². The number of halogens is 4. The van der Waals surface area contributed by atoms with Gasteiger partial charge in [-0.05, 0) is 59.3 Å². The summed E-state index contributed by atoms with van der Waals surface area (Å²) in [6, 6.07) is 15.5. The molecule has 0 bridgehead atoms. The smallest absolute Gasteiger partial charge is 0.272 e. The number of hydrogen-bond donors (Lipinski definition) is 1. The molecule has 0 spiro atoms. The molecular formula is C23H18BrCl3N2O3. The van der Waals surface area contributed by atoms with Gasteiger partial charge >= 0.3 is 0 Å². The molecule has 0 aliphatic carbocycles. The molecule has 0 heterocycles. The van der Waals surface area contributed by atoms with Crippen LogP contribution in [0.3, 0.4) is 0 Å². The van der Waals surface area contributed by atoms with E-state index in [0.29, 0.717) is 48.8 Å². The van der Waals surface area contributed by atoms with Gasteiger partial charge in [0.1, 0.15) is 6.61 Å². The maximum atomic E-state index is 12.2. The highest BCUT2D eigenvalue weighted by Gasteiger charge is 2.12. The average molecular weight is 557 g/mol. The Morgan fingerprint density at radius 1 is 1.03 bits per heavy atom. The van der Waals surface area contributed by atoms with Gasteiger partial charge in [-0.3, -0.25) is 4.79 Å². The second-order valence-corrected chi connectivity index (χ2v) is 8.56. The van der Waals surface area contributed by atoms with E-state index in [-0.39, 0.29) is 6.61 Å². The summed E-state index contributed by atoms with van der Waals surface area (Å²) in [4.78, 5) is 12.2. The van der Waals surface area contributed by atoms with Crippen molar-refractivity contribution in [3.8, 4) is 11.5 Å². The van der Waals surface area contributed by atoms with Crippen molar-refractivity contribution >= 4 is 62.9 Å². The molecule has 3 rings (SSSR count). The predicted octanol–water partition coefficient (Wildman–Crippen LogP) is 7.15. The molecule has 1 N–H and O–H groups in total. The zero-order valence-corrected chi connectivity index (χ0v) is 20.7. The van der Waals surface area contributed by atoms with Gasteiger partial charge in [-0.2, -0.15) is 5.10 Å². The van der Waals surface area contributed by atoms with Crippen molar-refractivity contribution < 1.29 is 14.3 Å². The fourth-order valence-corrected chi connectivity index (χ4v) is 3.80. The molecule has 0 saturated heterocycles. The topological polar surface area (TPSA) is 59.9 Å². The lowest BCUT2D eigenvalue weighted by atomic mass is 10.2. The minimum absolute atomic E-state index is 0.240. The molecule has 0 fully saturated rings. The lowest BCUT2D eigenvalue weighted by molar-refractivity contribution is 0.0955. The summed E-state index contributed by atoms with van der Waals surface area (Å²) in [6.45, 7) is 2.56. The normalized spacial score (nSPS) is 10.9. The molecule has 0 saturated carbocycles. The van der Waals surface area contributed by atoms with Crippen molar-refractivity contribution in [2.45, 2.75) is 13.5 Å². The van der Waals surface area contributed by atoms with Crippen molar-refractivity contribution in [1.29, 1.82) is 0 Å². The molecule has 0 aliphatic rings. The Kier molecular flexibility index (Phi) is 8.82. The lowest BCUT2D eigenvalue weighted by Crippen LogP contribution is -2.18. The Labute approximate surface area is 209 Å². The van der Waals surface area contributed by atoms with Gasteiger partial charge in [0.25, 0.3) is 5.91 Å². The molecule has 0 aliphatic heterocycles. The van der Waals surface area contributed by atoms with Crippen molar-refractivity contribution in [2.75, 3.05) is 6.61 Å². The molecule has 0 unspecified atom stereocenters. The number of hydrogen-bond acceptors (Lipinski definition) is 4. The first-order valence-electron chi connectivity index (χ1n) is 9.50. The average Bonchev–Trinajstić information content (AvgIpc) is 2.76. The van der Waals surface area contributed by atoms with Crippen molar-refractivity contribution in [2.24, 2.45) is 5.10 Å². The fourth-order valence-electron chi connectivity index (χ4n) is 2.69. The fraction of sp³-hybridized carbons (Fsp3) is 0.130. The van der Waals surface area contributed by atoms with Crippen LogP contribution in [0.4, 0.5) is 0 Å². The third-order valence-corrected chi connectivity index (χ3v) is 5.85. The van der Waals surface area contributed by atoms with E-state index in [1.54, 1.807) is 48.5 Å². The summed E-state index contributed by atoms with van der Waals surface area (Å²) in [7, 11) is 0. The van der Waals surface area contributed by atoms with Crippen molar-refractivity contribution in [3.05, 3.63) is 90.8 Å². The van der Waals surface area contributed by atoms with Crippen LogP contribution in [-0.4, -0.2) is 18.7 Å². The number of amides is 1. The Morgan fingerprint density at radius 2 is 1.78 bits per heavy atom. The van der Waals surface area contributed by atoms with E-state index in [2.05, 4.69) is 26.5 Å². The molecule has 5 nitrogen and oxygen atoms in total. The summed E-state index contributed by atoms with van der Waals surface area (Å²) in [5, 5.41) is 5.45. The number of nitrogens with zero attached hydrogens (tertiary/aromatic N) is 1. The molecule has 3 aromatic carbocycles. The second-order valence-electron chi connectivity index (χ2n) is 6.46. The zero-order chi connectivity index (χ0) is 23.1. The van der Waals surface area contributed by atoms with E-state index in [1.165, 1.54) is 6.21 Å². The van der Waals surface area contributed by atoms with Crippen LogP contribution in [-0.2, 0) is 6.61 Å². The van der Waals surface area contributed by atoms with Crippen molar-refractivity contribution in [3.63, 3.8) is 0 Å². The van der Waals surface area contributed by atoms with Crippen molar-refractivity contribution in [1.82, 2.24) is 5.43 Å². The molecule has 32 heavy (non-hydrogen) atoms. The van der Waals surface area contributed by atoms with E-state index in [1.807, 2.05) is 13.0 Å².